The zero-order valence-electron chi connectivity index (χ0n) is 11.6. The summed E-state index contributed by atoms with van der Waals surface area (Å²) in [5, 5.41) is 4.76. The first-order valence-electron chi connectivity index (χ1n) is 6.72. The molecule has 0 spiro atoms. The van der Waals surface area contributed by atoms with Crippen LogP contribution in [0, 0.1) is 6.92 Å². The SMILES string of the molecule is Cc1ncsc1C(C)NCCc1nc2ccccc2s1. The van der Waals surface area contributed by atoms with E-state index in [1.165, 1.54) is 14.6 Å². The van der Waals surface area contributed by atoms with E-state index >= 15 is 0 Å². The van der Waals surface area contributed by atoms with Crippen LogP contribution in [0.5, 0.6) is 0 Å². The number of thiazole rings is 2. The molecule has 3 nitrogen and oxygen atoms in total. The van der Waals surface area contributed by atoms with E-state index < -0.39 is 0 Å². The van der Waals surface area contributed by atoms with Crippen LogP contribution in [-0.4, -0.2) is 16.5 Å². The molecule has 0 aliphatic rings. The van der Waals surface area contributed by atoms with Gasteiger partial charge in [-0.3, -0.25) is 0 Å². The third kappa shape index (κ3) is 2.90. The van der Waals surface area contributed by atoms with E-state index in [1.54, 1.807) is 22.7 Å². The van der Waals surface area contributed by atoms with Crippen molar-refractivity contribution in [2.45, 2.75) is 26.3 Å². The minimum atomic E-state index is 0.358. The molecule has 0 radical (unpaired) electrons. The number of nitrogens with one attached hydrogen (secondary N) is 1. The van der Waals surface area contributed by atoms with Crippen molar-refractivity contribution >= 4 is 32.9 Å². The average Bonchev–Trinajstić information content (AvgIpc) is 3.04. The number of hydrogen-bond acceptors (Lipinski definition) is 5. The van der Waals surface area contributed by atoms with E-state index in [4.69, 9.17) is 0 Å². The first kappa shape index (κ1) is 13.7. The molecule has 2 heterocycles. The molecule has 20 heavy (non-hydrogen) atoms. The third-order valence-electron chi connectivity index (χ3n) is 3.30. The lowest BCUT2D eigenvalue weighted by Crippen LogP contribution is -2.21. The summed E-state index contributed by atoms with van der Waals surface area (Å²) >= 11 is 3.51. The highest BCUT2D eigenvalue weighted by Gasteiger charge is 2.10. The standard InChI is InChI=1S/C15H17N3S2/c1-10(15-11(2)17-9-19-15)16-8-7-14-18-12-5-3-4-6-13(12)20-14/h3-6,9-10,16H,7-8H2,1-2H3. The molecule has 2 aromatic heterocycles. The first-order chi connectivity index (χ1) is 9.74. The van der Waals surface area contributed by atoms with E-state index in [2.05, 4.69) is 47.3 Å². The third-order valence-corrected chi connectivity index (χ3v) is 5.51. The normalized spacial score (nSPS) is 12.9. The molecule has 0 saturated carbocycles. The van der Waals surface area contributed by atoms with Crippen molar-refractivity contribution in [3.05, 3.63) is 45.4 Å². The van der Waals surface area contributed by atoms with Gasteiger partial charge in [0.2, 0.25) is 0 Å². The molecule has 0 saturated heterocycles. The van der Waals surface area contributed by atoms with Crippen LogP contribution < -0.4 is 5.32 Å². The largest absolute Gasteiger partial charge is 0.309 e. The van der Waals surface area contributed by atoms with Gasteiger partial charge in [0.25, 0.3) is 0 Å². The summed E-state index contributed by atoms with van der Waals surface area (Å²) in [6.45, 7) is 5.20. The van der Waals surface area contributed by atoms with Crippen molar-refractivity contribution in [1.82, 2.24) is 15.3 Å². The lowest BCUT2D eigenvalue weighted by molar-refractivity contribution is 0.581. The number of benzene rings is 1. The molecule has 5 heteroatoms. The van der Waals surface area contributed by atoms with Gasteiger partial charge in [0.05, 0.1) is 26.4 Å². The number of aryl methyl sites for hydroxylation is 1. The van der Waals surface area contributed by atoms with Crippen molar-refractivity contribution < 1.29 is 0 Å². The summed E-state index contributed by atoms with van der Waals surface area (Å²) in [5.41, 5.74) is 4.16. The van der Waals surface area contributed by atoms with Crippen LogP contribution in [0.15, 0.2) is 29.8 Å². The number of aromatic nitrogens is 2. The van der Waals surface area contributed by atoms with E-state index in [0.717, 1.165) is 24.2 Å². The maximum Gasteiger partial charge on any atom is 0.0951 e. The molecule has 0 bridgehead atoms. The van der Waals surface area contributed by atoms with Gasteiger partial charge in [0.1, 0.15) is 0 Å². The van der Waals surface area contributed by atoms with Gasteiger partial charge in [-0.1, -0.05) is 12.1 Å². The number of para-hydroxylation sites is 1. The van der Waals surface area contributed by atoms with Crippen LogP contribution >= 0.6 is 22.7 Å². The van der Waals surface area contributed by atoms with Gasteiger partial charge in [-0.05, 0) is 26.0 Å². The Kier molecular flexibility index (Phi) is 4.10. The molecule has 0 fully saturated rings. The summed E-state index contributed by atoms with van der Waals surface area (Å²) in [6, 6.07) is 8.67. The summed E-state index contributed by atoms with van der Waals surface area (Å²) in [6.07, 6.45) is 0.974. The Labute approximate surface area is 126 Å². The molecule has 104 valence electrons. The Balaban J connectivity index is 1.58. The molecular weight excluding hydrogens is 286 g/mol. The Hall–Kier alpha value is -1.30. The van der Waals surface area contributed by atoms with E-state index in [9.17, 15) is 0 Å². The molecule has 3 rings (SSSR count). The highest BCUT2D eigenvalue weighted by atomic mass is 32.1. The number of nitrogens with zero attached hydrogens (tertiary/aromatic N) is 2. The van der Waals surface area contributed by atoms with Gasteiger partial charge in [0, 0.05) is 23.9 Å². The van der Waals surface area contributed by atoms with Crippen molar-refractivity contribution in [3.63, 3.8) is 0 Å². The number of hydrogen-bond donors (Lipinski definition) is 1. The highest BCUT2D eigenvalue weighted by Crippen LogP contribution is 2.23. The second kappa shape index (κ2) is 5.99. The fourth-order valence-electron chi connectivity index (χ4n) is 2.24. The molecule has 1 N–H and O–H groups in total. The number of fused-ring (bicyclic) bond motifs is 1. The lowest BCUT2D eigenvalue weighted by Gasteiger charge is -2.11. The summed E-state index contributed by atoms with van der Waals surface area (Å²) in [7, 11) is 0. The quantitative estimate of drug-likeness (QED) is 0.775. The van der Waals surface area contributed by atoms with E-state index in [-0.39, 0.29) is 0 Å². The predicted molar refractivity (Wildman–Crippen MR) is 86.6 cm³/mol. The summed E-state index contributed by atoms with van der Waals surface area (Å²) in [5.74, 6) is 0. The number of rotatable bonds is 5. The van der Waals surface area contributed by atoms with Gasteiger partial charge in [-0.15, -0.1) is 22.7 Å². The van der Waals surface area contributed by atoms with Crippen molar-refractivity contribution in [2.24, 2.45) is 0 Å². The maximum atomic E-state index is 4.66. The molecule has 1 unspecified atom stereocenters. The Morgan fingerprint density at radius 2 is 2.15 bits per heavy atom. The Morgan fingerprint density at radius 3 is 2.90 bits per heavy atom. The monoisotopic (exact) mass is 303 g/mol. The second-order valence-electron chi connectivity index (χ2n) is 4.80. The molecule has 0 aliphatic heterocycles. The summed E-state index contributed by atoms with van der Waals surface area (Å²) in [4.78, 5) is 10.3. The molecule has 0 aliphatic carbocycles. The van der Waals surface area contributed by atoms with E-state index in [0.29, 0.717) is 6.04 Å². The fourth-order valence-corrected chi connectivity index (χ4v) is 4.04. The van der Waals surface area contributed by atoms with Crippen LogP contribution in [0.25, 0.3) is 10.2 Å². The zero-order chi connectivity index (χ0) is 13.9. The highest BCUT2D eigenvalue weighted by molar-refractivity contribution is 7.18. The topological polar surface area (TPSA) is 37.8 Å². The Bertz CT molecular complexity index is 669. The summed E-state index contributed by atoms with van der Waals surface area (Å²) < 4.78 is 1.27. The zero-order valence-corrected chi connectivity index (χ0v) is 13.2. The minimum Gasteiger partial charge on any atom is -0.309 e. The van der Waals surface area contributed by atoms with Crippen LogP contribution in [0.2, 0.25) is 0 Å². The van der Waals surface area contributed by atoms with Gasteiger partial charge in [-0.25, -0.2) is 9.97 Å². The lowest BCUT2D eigenvalue weighted by atomic mass is 10.2. The second-order valence-corrected chi connectivity index (χ2v) is 6.80. The molecule has 3 aromatic rings. The molecule has 1 aromatic carbocycles. The Morgan fingerprint density at radius 1 is 1.30 bits per heavy atom. The van der Waals surface area contributed by atoms with Crippen LogP contribution in [-0.2, 0) is 6.42 Å². The minimum absolute atomic E-state index is 0.358. The fraction of sp³-hybridized carbons (Fsp3) is 0.333. The average molecular weight is 303 g/mol. The maximum absolute atomic E-state index is 4.66. The van der Waals surface area contributed by atoms with Crippen LogP contribution in [0.4, 0.5) is 0 Å². The van der Waals surface area contributed by atoms with E-state index in [1.807, 2.05) is 11.6 Å². The van der Waals surface area contributed by atoms with Gasteiger partial charge >= 0.3 is 0 Å². The first-order valence-corrected chi connectivity index (χ1v) is 8.41. The smallest absolute Gasteiger partial charge is 0.0951 e. The molecule has 0 amide bonds. The van der Waals surface area contributed by atoms with Crippen molar-refractivity contribution in [1.29, 1.82) is 0 Å². The molecule has 1 atom stereocenters. The van der Waals surface area contributed by atoms with Crippen LogP contribution in [0.1, 0.15) is 28.5 Å². The van der Waals surface area contributed by atoms with Gasteiger partial charge < -0.3 is 5.32 Å². The van der Waals surface area contributed by atoms with Crippen molar-refractivity contribution in [3.8, 4) is 0 Å². The van der Waals surface area contributed by atoms with Crippen molar-refractivity contribution in [2.75, 3.05) is 6.54 Å². The van der Waals surface area contributed by atoms with Gasteiger partial charge in [0.15, 0.2) is 0 Å². The van der Waals surface area contributed by atoms with Crippen LogP contribution in [0.3, 0.4) is 0 Å². The predicted octanol–water partition coefficient (Wildman–Crippen LogP) is 3.95. The molecular formula is C15H17N3S2. The van der Waals surface area contributed by atoms with Gasteiger partial charge in [-0.2, -0.15) is 0 Å².